The van der Waals surface area contributed by atoms with Crippen LogP contribution in [0.25, 0.3) is 0 Å². The van der Waals surface area contributed by atoms with Crippen LogP contribution in [0.2, 0.25) is 0 Å². The van der Waals surface area contributed by atoms with Crippen LogP contribution in [0.3, 0.4) is 0 Å². The first-order valence-corrected chi connectivity index (χ1v) is 23.1. The van der Waals surface area contributed by atoms with Gasteiger partial charge < -0.3 is 18.9 Å². The van der Waals surface area contributed by atoms with Crippen molar-refractivity contribution in [2.45, 2.75) is 131 Å². The molecule has 4 saturated heterocycles. The number of hydrogen-bond acceptors (Lipinski definition) is 8. The monoisotopic (exact) mass is 847 g/mol. The van der Waals surface area contributed by atoms with E-state index in [1.54, 1.807) is 0 Å². The fraction of sp³-hybridized carbons (Fsp3) is 0.556. The van der Waals surface area contributed by atoms with E-state index in [0.29, 0.717) is 26.4 Å². The van der Waals surface area contributed by atoms with E-state index in [1.165, 1.54) is 0 Å². The topological polar surface area (TPSA) is 77.5 Å². The van der Waals surface area contributed by atoms with Gasteiger partial charge in [0.25, 0.3) is 0 Å². The molecular formula is C54H74N2O6. The average molecular weight is 847 g/mol. The van der Waals surface area contributed by atoms with Gasteiger partial charge in [-0.2, -0.15) is 0 Å². The first-order chi connectivity index (χ1) is 29.4. The fourth-order valence-electron chi connectivity index (χ4n) is 10.1. The van der Waals surface area contributed by atoms with Crippen molar-refractivity contribution in [3.63, 3.8) is 0 Å². The Labute approximate surface area is 373 Å². The summed E-state index contributed by atoms with van der Waals surface area (Å²) in [6, 6.07) is -0.177. The zero-order chi connectivity index (χ0) is 44.7. The van der Waals surface area contributed by atoms with Crippen LogP contribution >= 0.6 is 0 Å². The number of hydrogen-bond donors (Lipinski definition) is 0. The molecule has 2 unspecified atom stereocenters. The van der Waals surface area contributed by atoms with Crippen LogP contribution < -0.4 is 0 Å². The van der Waals surface area contributed by atoms with E-state index in [-0.39, 0.29) is 34.5 Å². The van der Waals surface area contributed by atoms with Crippen LogP contribution in [0.5, 0.6) is 0 Å². The number of Topliss-reactive ketones (excluding diaryl/α,β-unsaturated/α-hetero) is 2. The lowest BCUT2D eigenvalue weighted by Crippen LogP contribution is -2.54. The van der Waals surface area contributed by atoms with Crippen molar-refractivity contribution in [3.8, 4) is 0 Å². The first kappa shape index (κ1) is 47.7. The summed E-state index contributed by atoms with van der Waals surface area (Å²) in [4.78, 5) is 32.0. The van der Waals surface area contributed by atoms with Gasteiger partial charge in [0, 0.05) is 51.9 Å². The molecule has 0 aromatic rings. The van der Waals surface area contributed by atoms with E-state index >= 15 is 0 Å². The maximum atomic E-state index is 13.6. The van der Waals surface area contributed by atoms with Crippen LogP contribution in [-0.2, 0) is 28.5 Å². The quantitative estimate of drug-likeness (QED) is 0.180. The number of rotatable bonds is 12. The van der Waals surface area contributed by atoms with E-state index in [4.69, 9.17) is 18.9 Å². The molecule has 0 saturated carbocycles. The molecule has 62 heavy (non-hydrogen) atoms. The molecule has 8 nitrogen and oxygen atoms in total. The number of carbonyl (C=O) groups is 2. The molecule has 0 bridgehead atoms. The SMILES string of the molecule is CC1=C(/C=C/C(C)=C/C=C/C(C)=C/C=C/C=C(C)/C=C/C=C(C)/C=C/C2=C(C)C(=O)C(N3CCC4(CC3)OCCO4)CC2(C)C)C(C)(C)CC(N2CCC3(CC2)OCCO3)C1=O. The molecule has 2 spiro atoms. The number of ketones is 2. The number of carbonyl (C=O) groups excluding carboxylic acids is 2. The maximum absolute atomic E-state index is 13.6. The molecule has 336 valence electrons. The summed E-state index contributed by atoms with van der Waals surface area (Å²) in [5, 5.41) is 0. The summed E-state index contributed by atoms with van der Waals surface area (Å²) in [6.45, 7) is 27.4. The summed E-state index contributed by atoms with van der Waals surface area (Å²) in [5.74, 6) is -0.360. The molecule has 6 rings (SSSR count). The van der Waals surface area contributed by atoms with E-state index in [9.17, 15) is 9.59 Å². The largest absolute Gasteiger partial charge is 0.347 e. The predicted molar refractivity (Wildman–Crippen MR) is 251 cm³/mol. The normalized spacial score (nSPS) is 28.4. The van der Waals surface area contributed by atoms with Crippen molar-refractivity contribution in [1.29, 1.82) is 0 Å². The Balaban J connectivity index is 0.962. The van der Waals surface area contributed by atoms with Gasteiger partial charge in [0.15, 0.2) is 23.1 Å². The zero-order valence-electron chi connectivity index (χ0n) is 39.5. The second kappa shape index (κ2) is 20.4. The number of likely N-dealkylation sites (tertiary alicyclic amines) is 2. The maximum Gasteiger partial charge on any atom is 0.175 e. The average Bonchev–Trinajstić information content (AvgIpc) is 3.89. The van der Waals surface area contributed by atoms with Crippen molar-refractivity contribution in [2.24, 2.45) is 10.8 Å². The third-order valence-electron chi connectivity index (χ3n) is 13.9. The Kier molecular flexibility index (Phi) is 15.7. The van der Waals surface area contributed by atoms with E-state index in [0.717, 1.165) is 109 Å². The summed E-state index contributed by atoms with van der Waals surface area (Å²) in [7, 11) is 0. The van der Waals surface area contributed by atoms with Crippen molar-refractivity contribution in [2.75, 3.05) is 52.6 Å². The van der Waals surface area contributed by atoms with E-state index in [1.807, 2.05) is 13.8 Å². The smallest absolute Gasteiger partial charge is 0.175 e. The molecule has 0 aromatic carbocycles. The van der Waals surface area contributed by atoms with E-state index < -0.39 is 11.6 Å². The Bertz CT molecular complexity index is 1870. The van der Waals surface area contributed by atoms with E-state index in [2.05, 4.69) is 150 Å². The Morgan fingerprint density at radius 1 is 0.500 bits per heavy atom. The molecule has 2 atom stereocenters. The molecule has 0 N–H and O–H groups in total. The molecule has 4 fully saturated rings. The van der Waals surface area contributed by atoms with Gasteiger partial charge in [-0.1, -0.05) is 135 Å². The molecule has 6 aliphatic rings. The lowest BCUT2D eigenvalue weighted by atomic mass is 9.69. The molecule has 4 aliphatic heterocycles. The lowest BCUT2D eigenvalue weighted by molar-refractivity contribution is -0.189. The summed E-state index contributed by atoms with van der Waals surface area (Å²) >= 11 is 0. The minimum atomic E-state index is -0.429. The van der Waals surface area contributed by atoms with Gasteiger partial charge in [0.2, 0.25) is 0 Å². The summed E-state index contributed by atoms with van der Waals surface area (Å²) < 4.78 is 23.7. The van der Waals surface area contributed by atoms with Crippen molar-refractivity contribution >= 4 is 11.6 Å². The van der Waals surface area contributed by atoms with Crippen molar-refractivity contribution < 1.29 is 28.5 Å². The van der Waals surface area contributed by atoms with Crippen LogP contribution in [0, 0.1) is 10.8 Å². The highest BCUT2D eigenvalue weighted by atomic mass is 16.7. The standard InChI is InChI=1S/C54H74N2O6/c1-39(17-13-19-41(3)21-23-45-43(5)49(57)47(37-51(45,7)8)55-29-25-53(26-30-55)59-33-34-60-53)15-11-12-16-40(2)18-14-20-42(4)22-24-46-44(6)50(58)48(38-52(46,9)10)56-31-27-54(28-32-56)61-35-36-62-54/h11-24,47-48H,25-38H2,1-10H3/b12-11+,17-13+,18-14+,23-21+,24-22+,39-15+,40-16+,41-19+,42-20+. The van der Waals surface area contributed by atoms with Gasteiger partial charge in [-0.3, -0.25) is 19.4 Å². The van der Waals surface area contributed by atoms with Crippen LogP contribution in [0.15, 0.2) is 130 Å². The molecule has 4 heterocycles. The Morgan fingerprint density at radius 2 is 0.806 bits per heavy atom. The second-order valence-electron chi connectivity index (χ2n) is 19.7. The zero-order valence-corrected chi connectivity index (χ0v) is 39.5. The van der Waals surface area contributed by atoms with Gasteiger partial charge >= 0.3 is 0 Å². The summed E-state index contributed by atoms with van der Waals surface area (Å²) in [5.41, 5.74) is 8.36. The molecule has 0 amide bonds. The third kappa shape index (κ3) is 11.7. The molecular weight excluding hydrogens is 773 g/mol. The molecule has 0 aromatic heterocycles. The van der Waals surface area contributed by atoms with Crippen molar-refractivity contribution in [1.82, 2.24) is 9.80 Å². The van der Waals surface area contributed by atoms with Gasteiger partial charge in [-0.25, -0.2) is 0 Å². The third-order valence-corrected chi connectivity index (χ3v) is 13.9. The van der Waals surface area contributed by atoms with Gasteiger partial charge in [-0.05, 0) is 87.5 Å². The number of nitrogens with zero attached hydrogens (tertiary/aromatic N) is 2. The van der Waals surface area contributed by atoms with Gasteiger partial charge in [-0.15, -0.1) is 0 Å². The number of ether oxygens (including phenoxy) is 4. The highest BCUT2D eigenvalue weighted by Crippen LogP contribution is 2.44. The predicted octanol–water partition coefficient (Wildman–Crippen LogP) is 10.6. The fourth-order valence-corrected chi connectivity index (χ4v) is 10.1. The number of piperidine rings is 2. The highest BCUT2D eigenvalue weighted by Gasteiger charge is 2.47. The van der Waals surface area contributed by atoms with Crippen LogP contribution in [0.1, 0.15) is 108 Å². The summed E-state index contributed by atoms with van der Waals surface area (Å²) in [6.07, 6.45) is 34.4. The minimum absolute atomic E-state index is 0.0883. The lowest BCUT2D eigenvalue weighted by Gasteiger charge is -2.45. The van der Waals surface area contributed by atoms with Crippen molar-refractivity contribution in [3.05, 3.63) is 130 Å². The van der Waals surface area contributed by atoms with Gasteiger partial charge in [0.1, 0.15) is 0 Å². The Morgan fingerprint density at radius 3 is 1.15 bits per heavy atom. The highest BCUT2D eigenvalue weighted by molar-refractivity contribution is 6.02. The van der Waals surface area contributed by atoms with Gasteiger partial charge in [0.05, 0.1) is 38.5 Å². The molecule has 8 heteroatoms. The van der Waals surface area contributed by atoms with Crippen LogP contribution in [-0.4, -0.2) is 97.6 Å². The molecule has 0 radical (unpaired) electrons. The Hall–Kier alpha value is -3.76. The minimum Gasteiger partial charge on any atom is -0.347 e. The number of allylic oxidation sites excluding steroid dienone is 20. The van der Waals surface area contributed by atoms with Crippen LogP contribution in [0.4, 0.5) is 0 Å². The second-order valence-corrected chi connectivity index (χ2v) is 19.7. The first-order valence-electron chi connectivity index (χ1n) is 23.1. The molecule has 2 aliphatic carbocycles.